The third kappa shape index (κ3) is 4.75. The maximum atomic E-state index is 11.0. The van der Waals surface area contributed by atoms with Crippen LogP contribution >= 0.6 is 0 Å². The van der Waals surface area contributed by atoms with Crippen molar-refractivity contribution in [1.29, 1.82) is 0 Å². The first-order valence-corrected chi connectivity index (χ1v) is 5.87. The van der Waals surface area contributed by atoms with Gasteiger partial charge in [0, 0.05) is 7.05 Å². The Bertz CT molecular complexity index is 183. The molecular weight excluding hydrogens is 170 g/mol. The lowest BCUT2D eigenvalue weighted by Crippen LogP contribution is -2.09. The SMILES string of the molecule is CC[C@@H](CC[S-](=O)=NC)C(C)C. The van der Waals surface area contributed by atoms with Crippen molar-refractivity contribution in [2.75, 3.05) is 12.8 Å². The molecule has 1 atom stereocenters. The van der Waals surface area contributed by atoms with E-state index >= 15 is 0 Å². The monoisotopic (exact) mass is 190 g/mol. The minimum absolute atomic E-state index is 0.698. The summed E-state index contributed by atoms with van der Waals surface area (Å²) in [6, 6.07) is 0. The fourth-order valence-electron chi connectivity index (χ4n) is 1.35. The van der Waals surface area contributed by atoms with Crippen LogP contribution in [-0.4, -0.2) is 12.8 Å². The van der Waals surface area contributed by atoms with E-state index in [1.807, 2.05) is 0 Å². The number of rotatable bonds is 5. The second kappa shape index (κ2) is 6.46. The highest BCUT2D eigenvalue weighted by atomic mass is 32.2. The van der Waals surface area contributed by atoms with Crippen LogP contribution < -0.4 is 0 Å². The van der Waals surface area contributed by atoms with Gasteiger partial charge in [0.05, 0.1) is 0 Å². The van der Waals surface area contributed by atoms with Gasteiger partial charge in [0.15, 0.2) is 0 Å². The van der Waals surface area contributed by atoms with Gasteiger partial charge in [-0.15, -0.1) is 0 Å². The molecule has 0 radical (unpaired) electrons. The number of hydrogen-bond donors (Lipinski definition) is 0. The summed E-state index contributed by atoms with van der Waals surface area (Å²) >= 11 is 0. The molecule has 12 heavy (non-hydrogen) atoms. The summed E-state index contributed by atoms with van der Waals surface area (Å²) < 4.78 is 14.7. The van der Waals surface area contributed by atoms with Crippen molar-refractivity contribution in [3.8, 4) is 0 Å². The van der Waals surface area contributed by atoms with E-state index in [0.29, 0.717) is 11.8 Å². The van der Waals surface area contributed by atoms with Crippen molar-refractivity contribution in [3.05, 3.63) is 0 Å². The summed E-state index contributed by atoms with van der Waals surface area (Å²) in [5.74, 6) is 2.13. The topological polar surface area (TPSA) is 29.4 Å². The fraction of sp³-hybridized carbons (Fsp3) is 1.00. The molecule has 2 nitrogen and oxygen atoms in total. The van der Waals surface area contributed by atoms with E-state index in [0.717, 1.165) is 12.2 Å². The molecule has 0 fully saturated rings. The van der Waals surface area contributed by atoms with Crippen LogP contribution in [0, 0.1) is 11.8 Å². The second-order valence-corrected chi connectivity index (χ2v) is 4.83. The highest BCUT2D eigenvalue weighted by Crippen LogP contribution is 2.18. The summed E-state index contributed by atoms with van der Waals surface area (Å²) in [4.78, 5) is 0. The van der Waals surface area contributed by atoms with E-state index < -0.39 is 10.6 Å². The molecule has 0 heterocycles. The predicted molar refractivity (Wildman–Crippen MR) is 54.5 cm³/mol. The van der Waals surface area contributed by atoms with Crippen molar-refractivity contribution in [1.82, 2.24) is 0 Å². The van der Waals surface area contributed by atoms with Gasteiger partial charge in [-0.2, -0.15) is 10.6 Å². The van der Waals surface area contributed by atoms with Gasteiger partial charge < -0.3 is 8.57 Å². The van der Waals surface area contributed by atoms with Crippen molar-refractivity contribution in [2.24, 2.45) is 16.2 Å². The summed E-state index contributed by atoms with van der Waals surface area (Å²) in [6.07, 6.45) is 2.22. The van der Waals surface area contributed by atoms with E-state index in [9.17, 15) is 4.21 Å². The van der Waals surface area contributed by atoms with E-state index in [1.54, 1.807) is 7.05 Å². The maximum Gasteiger partial charge on any atom is 0.000781 e. The number of hydrogen-bond acceptors (Lipinski definition) is 3. The molecule has 0 bridgehead atoms. The minimum Gasteiger partial charge on any atom is -0.444 e. The lowest BCUT2D eigenvalue weighted by atomic mass is 9.91. The van der Waals surface area contributed by atoms with Gasteiger partial charge >= 0.3 is 0 Å². The smallest absolute Gasteiger partial charge is 0.000781 e. The van der Waals surface area contributed by atoms with Gasteiger partial charge in [0.25, 0.3) is 0 Å². The lowest BCUT2D eigenvalue weighted by molar-refractivity contribution is 0.363. The molecule has 0 aromatic rings. The van der Waals surface area contributed by atoms with E-state index in [2.05, 4.69) is 25.1 Å². The average Bonchev–Trinajstić information content (AvgIpc) is 2.04. The Balaban J connectivity index is 3.81. The standard InChI is InChI=1S/C9H20NOS/c1-5-9(8(2)3)6-7-12(11)10-4/h8-9H,5-7H2,1-4H3/q-1/t9-/m0/s1. The Hall–Kier alpha value is -0.0500. The Morgan fingerprint density at radius 3 is 2.33 bits per heavy atom. The Morgan fingerprint density at radius 2 is 2.00 bits per heavy atom. The van der Waals surface area contributed by atoms with Crippen LogP contribution in [0.1, 0.15) is 33.6 Å². The molecule has 0 N–H and O–H groups in total. The maximum absolute atomic E-state index is 11.0. The largest absolute Gasteiger partial charge is 0.444 e. The number of nitrogens with zero attached hydrogens (tertiary/aromatic N) is 1. The van der Waals surface area contributed by atoms with Gasteiger partial charge in [0.1, 0.15) is 0 Å². The van der Waals surface area contributed by atoms with Gasteiger partial charge in [-0.25, -0.2) is 0 Å². The zero-order chi connectivity index (χ0) is 9.56. The molecule has 74 valence electrons. The van der Waals surface area contributed by atoms with Crippen LogP contribution in [0.4, 0.5) is 0 Å². The molecule has 0 amide bonds. The fourth-order valence-corrected chi connectivity index (χ4v) is 2.04. The van der Waals surface area contributed by atoms with E-state index in [-0.39, 0.29) is 0 Å². The molecule has 0 saturated carbocycles. The molecule has 0 unspecified atom stereocenters. The van der Waals surface area contributed by atoms with Crippen molar-refractivity contribution < 1.29 is 4.21 Å². The Kier molecular flexibility index (Phi) is 6.44. The minimum atomic E-state index is -0.941. The summed E-state index contributed by atoms with van der Waals surface area (Å²) in [5.41, 5.74) is 0. The van der Waals surface area contributed by atoms with Crippen LogP contribution in [0.15, 0.2) is 4.36 Å². The molecule has 0 aliphatic carbocycles. The predicted octanol–water partition coefficient (Wildman–Crippen LogP) is 2.84. The van der Waals surface area contributed by atoms with Gasteiger partial charge in [-0.1, -0.05) is 39.4 Å². The summed E-state index contributed by atoms with van der Waals surface area (Å²) in [5, 5.41) is 0. The van der Waals surface area contributed by atoms with Crippen LogP contribution in [0.3, 0.4) is 0 Å². The molecule has 0 saturated heterocycles. The third-order valence-electron chi connectivity index (χ3n) is 2.33. The first kappa shape index (κ1) is 11.9. The summed E-state index contributed by atoms with van der Waals surface area (Å²) in [7, 11) is 0.677. The third-order valence-corrected chi connectivity index (χ3v) is 3.33. The lowest BCUT2D eigenvalue weighted by Gasteiger charge is -2.19. The molecule has 0 aliphatic heterocycles. The van der Waals surface area contributed by atoms with Crippen molar-refractivity contribution >= 4 is 10.6 Å². The zero-order valence-corrected chi connectivity index (χ0v) is 9.36. The highest BCUT2D eigenvalue weighted by molar-refractivity contribution is 7.74. The Labute approximate surface area is 78.0 Å². The van der Waals surface area contributed by atoms with Crippen LogP contribution in [0.2, 0.25) is 0 Å². The van der Waals surface area contributed by atoms with E-state index in [1.165, 1.54) is 6.42 Å². The molecule has 0 aliphatic rings. The molecule has 0 aromatic heterocycles. The first-order valence-electron chi connectivity index (χ1n) is 4.60. The molecule has 0 spiro atoms. The van der Waals surface area contributed by atoms with E-state index in [4.69, 9.17) is 0 Å². The zero-order valence-electron chi connectivity index (χ0n) is 8.54. The molecular formula is C9H20NOS-. The average molecular weight is 190 g/mol. The summed E-state index contributed by atoms with van der Waals surface area (Å²) in [6.45, 7) is 6.64. The van der Waals surface area contributed by atoms with Crippen molar-refractivity contribution in [2.45, 2.75) is 33.6 Å². The Morgan fingerprint density at radius 1 is 1.42 bits per heavy atom. The van der Waals surface area contributed by atoms with Crippen molar-refractivity contribution in [3.63, 3.8) is 0 Å². The molecule has 0 rings (SSSR count). The van der Waals surface area contributed by atoms with Crippen LogP contribution in [0.5, 0.6) is 0 Å². The van der Waals surface area contributed by atoms with Crippen LogP contribution in [-0.2, 0) is 14.8 Å². The highest BCUT2D eigenvalue weighted by Gasteiger charge is 2.08. The normalized spacial score (nSPS) is 16.8. The van der Waals surface area contributed by atoms with Gasteiger partial charge in [-0.05, 0) is 11.8 Å². The molecule has 0 aromatic carbocycles. The van der Waals surface area contributed by atoms with Gasteiger partial charge in [0.2, 0.25) is 0 Å². The van der Waals surface area contributed by atoms with Gasteiger partial charge in [-0.3, -0.25) is 0 Å². The van der Waals surface area contributed by atoms with Crippen LogP contribution in [0.25, 0.3) is 0 Å². The first-order chi connectivity index (χ1) is 5.61. The quantitative estimate of drug-likeness (QED) is 0.613. The second-order valence-electron chi connectivity index (χ2n) is 3.41. The molecule has 3 heteroatoms.